The van der Waals surface area contributed by atoms with Crippen LogP contribution in [0.3, 0.4) is 0 Å². The predicted molar refractivity (Wildman–Crippen MR) is 91.7 cm³/mol. The van der Waals surface area contributed by atoms with E-state index in [9.17, 15) is 9.59 Å². The fourth-order valence-electron chi connectivity index (χ4n) is 1.99. The molecule has 1 heterocycles. The van der Waals surface area contributed by atoms with Gasteiger partial charge in [0, 0.05) is 11.1 Å². The fourth-order valence-corrected chi connectivity index (χ4v) is 1.99. The molecular formula is C17H22N4O3. The summed E-state index contributed by atoms with van der Waals surface area (Å²) in [5.41, 5.74) is 0.869. The summed E-state index contributed by atoms with van der Waals surface area (Å²) in [6, 6.07) is 6.71. The SMILES string of the molecule is CCCOC(=O)c1ccc(Nc2nnc(C(C)(C)C)c(=O)[nH]2)cc1. The van der Waals surface area contributed by atoms with Gasteiger partial charge in [0.05, 0.1) is 12.2 Å². The van der Waals surface area contributed by atoms with Gasteiger partial charge in [0.1, 0.15) is 5.69 Å². The van der Waals surface area contributed by atoms with Gasteiger partial charge in [-0.05, 0) is 30.7 Å². The Morgan fingerprint density at radius 2 is 1.88 bits per heavy atom. The summed E-state index contributed by atoms with van der Waals surface area (Å²) in [5, 5.41) is 10.9. The number of H-pyrrole nitrogens is 1. The number of ether oxygens (including phenoxy) is 1. The van der Waals surface area contributed by atoms with Crippen LogP contribution in [0.15, 0.2) is 29.1 Å². The van der Waals surface area contributed by atoms with E-state index >= 15 is 0 Å². The Bertz CT molecular complexity index is 761. The van der Waals surface area contributed by atoms with E-state index in [1.807, 2.05) is 27.7 Å². The summed E-state index contributed by atoms with van der Waals surface area (Å²) in [7, 11) is 0. The number of anilines is 2. The number of nitrogens with one attached hydrogen (secondary N) is 2. The highest BCUT2D eigenvalue weighted by molar-refractivity contribution is 5.89. The lowest BCUT2D eigenvalue weighted by molar-refractivity contribution is 0.0505. The number of rotatable bonds is 5. The maximum Gasteiger partial charge on any atom is 0.338 e. The molecule has 1 aromatic carbocycles. The van der Waals surface area contributed by atoms with Crippen molar-refractivity contribution in [2.24, 2.45) is 0 Å². The van der Waals surface area contributed by atoms with Crippen LogP contribution in [-0.2, 0) is 10.2 Å². The van der Waals surface area contributed by atoms with Crippen molar-refractivity contribution in [3.05, 3.63) is 45.9 Å². The Hall–Kier alpha value is -2.70. The molecule has 2 N–H and O–H groups in total. The van der Waals surface area contributed by atoms with Gasteiger partial charge in [-0.3, -0.25) is 9.78 Å². The molecule has 0 aliphatic heterocycles. The molecule has 0 radical (unpaired) electrons. The molecule has 0 fully saturated rings. The van der Waals surface area contributed by atoms with Gasteiger partial charge >= 0.3 is 5.97 Å². The van der Waals surface area contributed by atoms with Crippen LogP contribution >= 0.6 is 0 Å². The molecule has 0 aliphatic carbocycles. The van der Waals surface area contributed by atoms with Crippen molar-refractivity contribution in [1.29, 1.82) is 0 Å². The minimum atomic E-state index is -0.375. The average molecular weight is 330 g/mol. The number of benzene rings is 1. The molecule has 0 bridgehead atoms. The molecule has 0 spiro atoms. The number of carbonyl (C=O) groups is 1. The number of carbonyl (C=O) groups excluding carboxylic acids is 1. The highest BCUT2D eigenvalue weighted by Gasteiger charge is 2.20. The van der Waals surface area contributed by atoms with Crippen molar-refractivity contribution in [2.45, 2.75) is 39.5 Å². The lowest BCUT2D eigenvalue weighted by atomic mass is 9.93. The summed E-state index contributed by atoms with van der Waals surface area (Å²) in [6.07, 6.45) is 0.780. The Balaban J connectivity index is 2.10. The van der Waals surface area contributed by atoms with E-state index in [-0.39, 0.29) is 22.9 Å². The van der Waals surface area contributed by atoms with Crippen molar-refractivity contribution in [3.63, 3.8) is 0 Å². The second-order valence-electron chi connectivity index (χ2n) is 6.44. The molecular weight excluding hydrogens is 308 g/mol. The molecule has 0 saturated carbocycles. The van der Waals surface area contributed by atoms with Crippen LogP contribution in [-0.4, -0.2) is 27.8 Å². The zero-order valence-electron chi connectivity index (χ0n) is 14.3. The van der Waals surface area contributed by atoms with Crippen LogP contribution < -0.4 is 10.9 Å². The normalized spacial score (nSPS) is 11.2. The molecule has 2 aromatic rings. The van der Waals surface area contributed by atoms with Gasteiger partial charge in [-0.25, -0.2) is 4.79 Å². The predicted octanol–water partition coefficient (Wildman–Crippen LogP) is 2.77. The number of nitrogens with zero attached hydrogens (tertiary/aromatic N) is 2. The Morgan fingerprint density at radius 3 is 2.42 bits per heavy atom. The second-order valence-corrected chi connectivity index (χ2v) is 6.44. The maximum absolute atomic E-state index is 12.1. The minimum absolute atomic E-state index is 0.245. The van der Waals surface area contributed by atoms with E-state index in [4.69, 9.17) is 4.74 Å². The van der Waals surface area contributed by atoms with Crippen LogP contribution in [0.25, 0.3) is 0 Å². The summed E-state index contributed by atoms with van der Waals surface area (Å²) in [4.78, 5) is 26.5. The lowest BCUT2D eigenvalue weighted by Crippen LogP contribution is -2.28. The van der Waals surface area contributed by atoms with Gasteiger partial charge in [-0.1, -0.05) is 27.7 Å². The highest BCUT2D eigenvalue weighted by Crippen LogP contribution is 2.17. The van der Waals surface area contributed by atoms with Gasteiger partial charge < -0.3 is 10.1 Å². The fraction of sp³-hybridized carbons (Fsp3) is 0.412. The van der Waals surface area contributed by atoms with Gasteiger partial charge in [-0.15, -0.1) is 10.2 Å². The number of esters is 1. The van der Waals surface area contributed by atoms with Crippen LogP contribution in [0.2, 0.25) is 0 Å². The molecule has 2 rings (SSSR count). The topological polar surface area (TPSA) is 97.0 Å². The van der Waals surface area contributed by atoms with Crippen LogP contribution in [0.5, 0.6) is 0 Å². The Kier molecular flexibility index (Phi) is 5.33. The molecule has 1 aromatic heterocycles. The molecule has 0 atom stereocenters. The molecule has 0 amide bonds. The highest BCUT2D eigenvalue weighted by atomic mass is 16.5. The third-order valence-electron chi connectivity index (χ3n) is 3.23. The van der Waals surface area contributed by atoms with E-state index in [2.05, 4.69) is 20.5 Å². The van der Waals surface area contributed by atoms with E-state index in [0.29, 0.717) is 23.6 Å². The third kappa shape index (κ3) is 4.41. The Labute approximate surface area is 140 Å². The molecule has 0 aliphatic rings. The van der Waals surface area contributed by atoms with Gasteiger partial charge in [0.25, 0.3) is 5.56 Å². The number of hydrogen-bond acceptors (Lipinski definition) is 6. The van der Waals surface area contributed by atoms with Gasteiger partial charge in [-0.2, -0.15) is 0 Å². The quantitative estimate of drug-likeness (QED) is 0.818. The molecule has 128 valence electrons. The first-order chi connectivity index (χ1) is 11.3. The van der Waals surface area contributed by atoms with E-state index in [0.717, 1.165) is 6.42 Å². The Morgan fingerprint density at radius 1 is 1.21 bits per heavy atom. The minimum Gasteiger partial charge on any atom is -0.462 e. The van der Waals surface area contributed by atoms with Crippen LogP contribution in [0.4, 0.5) is 11.6 Å². The smallest absolute Gasteiger partial charge is 0.338 e. The van der Waals surface area contributed by atoms with E-state index < -0.39 is 0 Å². The molecule has 7 heteroatoms. The van der Waals surface area contributed by atoms with Crippen molar-refractivity contribution in [3.8, 4) is 0 Å². The molecule has 0 unspecified atom stereocenters. The van der Waals surface area contributed by atoms with Gasteiger partial charge in [0.2, 0.25) is 5.95 Å². The maximum atomic E-state index is 12.1. The number of aromatic amines is 1. The summed E-state index contributed by atoms with van der Waals surface area (Å²) >= 11 is 0. The molecule has 7 nitrogen and oxygen atoms in total. The van der Waals surface area contributed by atoms with Crippen molar-refractivity contribution in [2.75, 3.05) is 11.9 Å². The number of aromatic nitrogens is 3. The molecule has 24 heavy (non-hydrogen) atoms. The van der Waals surface area contributed by atoms with Crippen LogP contribution in [0, 0.1) is 0 Å². The monoisotopic (exact) mass is 330 g/mol. The summed E-state index contributed by atoms with van der Waals surface area (Å²) < 4.78 is 5.07. The number of hydrogen-bond donors (Lipinski definition) is 2. The second kappa shape index (κ2) is 7.25. The standard InChI is InChI=1S/C17H22N4O3/c1-5-10-24-15(23)11-6-8-12(9-7-11)18-16-19-14(22)13(20-21-16)17(2,3)4/h6-9H,5,10H2,1-4H3,(H2,18,19,21,22). The largest absolute Gasteiger partial charge is 0.462 e. The molecule has 0 saturated heterocycles. The van der Waals surface area contributed by atoms with Crippen molar-refractivity contribution >= 4 is 17.6 Å². The van der Waals surface area contributed by atoms with Gasteiger partial charge in [0.15, 0.2) is 0 Å². The zero-order chi connectivity index (χ0) is 17.7. The first-order valence-electron chi connectivity index (χ1n) is 7.83. The lowest BCUT2D eigenvalue weighted by Gasteiger charge is -2.15. The van der Waals surface area contributed by atoms with Crippen LogP contribution in [0.1, 0.15) is 50.2 Å². The summed E-state index contributed by atoms with van der Waals surface area (Å²) in [6.45, 7) is 8.03. The summed E-state index contributed by atoms with van der Waals surface area (Å²) in [5.74, 6) is -0.111. The average Bonchev–Trinajstić information content (AvgIpc) is 2.52. The van der Waals surface area contributed by atoms with E-state index in [1.54, 1.807) is 24.3 Å². The van der Waals surface area contributed by atoms with Crippen molar-refractivity contribution < 1.29 is 9.53 Å². The zero-order valence-corrected chi connectivity index (χ0v) is 14.3. The van der Waals surface area contributed by atoms with E-state index in [1.165, 1.54) is 0 Å². The van der Waals surface area contributed by atoms with Crippen molar-refractivity contribution in [1.82, 2.24) is 15.2 Å². The first kappa shape index (κ1) is 17.7. The first-order valence-corrected chi connectivity index (χ1v) is 7.83. The third-order valence-corrected chi connectivity index (χ3v) is 3.23.